The van der Waals surface area contributed by atoms with Crippen molar-refractivity contribution in [3.63, 3.8) is 0 Å². The Labute approximate surface area is 127 Å². The first kappa shape index (κ1) is 12.9. The van der Waals surface area contributed by atoms with Crippen LogP contribution in [0.15, 0.2) is 60.7 Å². The van der Waals surface area contributed by atoms with Gasteiger partial charge in [0.2, 0.25) is 0 Å². The molecule has 2 aliphatic carbocycles. The first-order valence-electron chi connectivity index (χ1n) is 8.05. The molecule has 0 saturated heterocycles. The van der Waals surface area contributed by atoms with E-state index < -0.39 is 0 Å². The first-order chi connectivity index (χ1) is 10.3. The smallest absolute Gasteiger partial charge is 0.00216 e. The van der Waals surface area contributed by atoms with E-state index in [9.17, 15) is 0 Å². The van der Waals surface area contributed by atoms with E-state index in [1.807, 2.05) is 0 Å². The number of benzene rings is 2. The molecule has 0 heterocycles. The summed E-state index contributed by atoms with van der Waals surface area (Å²) in [5.41, 5.74) is 6.01. The van der Waals surface area contributed by atoms with E-state index in [0.717, 1.165) is 11.8 Å². The summed E-state index contributed by atoms with van der Waals surface area (Å²) in [5, 5.41) is 0. The molecule has 1 fully saturated rings. The van der Waals surface area contributed by atoms with Gasteiger partial charge in [-0.2, -0.15) is 0 Å². The van der Waals surface area contributed by atoms with Crippen LogP contribution in [0.3, 0.4) is 0 Å². The maximum atomic E-state index is 2.47. The molecule has 2 aromatic rings. The Balaban J connectivity index is 1.84. The van der Waals surface area contributed by atoms with Crippen molar-refractivity contribution in [1.82, 2.24) is 0 Å². The van der Waals surface area contributed by atoms with Gasteiger partial charge in [0.15, 0.2) is 0 Å². The predicted octanol–water partition coefficient (Wildman–Crippen LogP) is 5.38. The van der Waals surface area contributed by atoms with Crippen LogP contribution in [-0.4, -0.2) is 0 Å². The molecule has 106 valence electrons. The van der Waals surface area contributed by atoms with Gasteiger partial charge in [-0.1, -0.05) is 60.7 Å². The van der Waals surface area contributed by atoms with Crippen LogP contribution in [0.2, 0.25) is 0 Å². The van der Waals surface area contributed by atoms with Crippen LogP contribution >= 0.6 is 0 Å². The number of hydrogen-bond acceptors (Lipinski definition) is 0. The maximum absolute atomic E-state index is 2.47. The van der Waals surface area contributed by atoms with Crippen LogP contribution in [0.5, 0.6) is 0 Å². The fourth-order valence-corrected chi connectivity index (χ4v) is 4.59. The lowest BCUT2D eigenvalue weighted by molar-refractivity contribution is 0.505. The highest BCUT2D eigenvalue weighted by molar-refractivity contribution is 5.43. The summed E-state index contributed by atoms with van der Waals surface area (Å²) >= 11 is 0. The van der Waals surface area contributed by atoms with Crippen LogP contribution < -0.4 is 0 Å². The van der Waals surface area contributed by atoms with E-state index >= 15 is 0 Å². The Kier molecular flexibility index (Phi) is 2.99. The normalized spacial score (nSPS) is 30.0. The summed E-state index contributed by atoms with van der Waals surface area (Å²) in [6.45, 7) is 4.53. The topological polar surface area (TPSA) is 0 Å². The largest absolute Gasteiger partial charge is 0.0845 e. The van der Waals surface area contributed by atoms with Crippen LogP contribution in [0.1, 0.15) is 40.5 Å². The summed E-state index contributed by atoms with van der Waals surface area (Å²) in [4.78, 5) is 0. The highest BCUT2D eigenvalue weighted by Gasteiger charge is 2.46. The van der Waals surface area contributed by atoms with Crippen LogP contribution in [0.4, 0.5) is 0 Å². The van der Waals surface area contributed by atoms with Crippen LogP contribution in [-0.2, 0) is 0 Å². The summed E-state index contributed by atoms with van der Waals surface area (Å²) < 4.78 is 0. The Morgan fingerprint density at radius 1 is 0.667 bits per heavy atom. The molecule has 0 nitrogen and oxygen atoms in total. The second-order valence-electron chi connectivity index (χ2n) is 6.71. The molecule has 4 unspecified atom stereocenters. The van der Waals surface area contributed by atoms with Crippen molar-refractivity contribution in [3.05, 3.63) is 82.9 Å². The predicted molar refractivity (Wildman–Crippen MR) is 88.6 cm³/mol. The Bertz CT molecular complexity index is 635. The maximum Gasteiger partial charge on any atom is -0.00216 e. The van der Waals surface area contributed by atoms with Gasteiger partial charge >= 0.3 is 0 Å². The van der Waals surface area contributed by atoms with E-state index in [-0.39, 0.29) is 0 Å². The number of fused-ring (bicyclic) bond motifs is 2. The fraction of sp³-hybridized carbons (Fsp3) is 0.333. The second kappa shape index (κ2) is 4.87. The minimum Gasteiger partial charge on any atom is -0.0845 e. The minimum atomic E-state index is 0.655. The SMILES string of the molecule is Cc1ccccc1C1C2C=CC(C2)C1c1ccccc1C. The molecular weight excluding hydrogens is 252 g/mol. The first-order valence-corrected chi connectivity index (χ1v) is 8.05. The van der Waals surface area contributed by atoms with Gasteiger partial charge in [0.25, 0.3) is 0 Å². The van der Waals surface area contributed by atoms with Crippen molar-refractivity contribution in [3.8, 4) is 0 Å². The van der Waals surface area contributed by atoms with Gasteiger partial charge in [-0.3, -0.25) is 0 Å². The number of aryl methyl sites for hydroxylation is 2. The standard InChI is InChI=1S/C21H22/c1-14-7-3-5-9-18(14)20-16-11-12-17(13-16)21(20)19-10-6-4-8-15(19)2/h3-12,16-17,20-21H,13H2,1-2H3. The van der Waals surface area contributed by atoms with Gasteiger partial charge in [-0.25, -0.2) is 0 Å². The molecule has 1 saturated carbocycles. The molecule has 2 bridgehead atoms. The molecule has 0 aliphatic heterocycles. The second-order valence-corrected chi connectivity index (χ2v) is 6.71. The molecular formula is C21H22. The highest BCUT2D eigenvalue weighted by atomic mass is 14.5. The van der Waals surface area contributed by atoms with E-state index in [2.05, 4.69) is 74.5 Å². The molecule has 0 N–H and O–H groups in total. The molecule has 4 rings (SSSR count). The van der Waals surface area contributed by atoms with Crippen molar-refractivity contribution in [2.75, 3.05) is 0 Å². The van der Waals surface area contributed by atoms with E-state index in [0.29, 0.717) is 11.8 Å². The lowest BCUT2D eigenvalue weighted by atomic mass is 9.73. The average Bonchev–Trinajstić information content (AvgIpc) is 3.09. The molecule has 0 spiro atoms. The van der Waals surface area contributed by atoms with Crippen LogP contribution in [0, 0.1) is 25.7 Å². The van der Waals surface area contributed by atoms with Gasteiger partial charge in [0.1, 0.15) is 0 Å². The number of hydrogen-bond donors (Lipinski definition) is 0. The summed E-state index contributed by atoms with van der Waals surface area (Å²) in [6, 6.07) is 17.9. The monoisotopic (exact) mass is 274 g/mol. The van der Waals surface area contributed by atoms with Crippen molar-refractivity contribution < 1.29 is 0 Å². The third-order valence-electron chi connectivity index (χ3n) is 5.55. The fourth-order valence-electron chi connectivity index (χ4n) is 4.59. The zero-order chi connectivity index (χ0) is 14.4. The lowest BCUT2D eigenvalue weighted by Gasteiger charge is -2.31. The van der Waals surface area contributed by atoms with Gasteiger partial charge in [-0.05, 0) is 66.2 Å². The Hall–Kier alpha value is -1.82. The molecule has 21 heavy (non-hydrogen) atoms. The van der Waals surface area contributed by atoms with E-state index in [1.165, 1.54) is 17.5 Å². The molecule has 4 atom stereocenters. The minimum absolute atomic E-state index is 0.655. The van der Waals surface area contributed by atoms with Crippen molar-refractivity contribution in [2.24, 2.45) is 11.8 Å². The average molecular weight is 274 g/mol. The summed E-state index contributed by atoms with van der Waals surface area (Å²) in [6.07, 6.45) is 6.27. The lowest BCUT2D eigenvalue weighted by Crippen LogP contribution is -2.18. The van der Waals surface area contributed by atoms with Gasteiger partial charge in [-0.15, -0.1) is 0 Å². The molecule has 2 aliphatic rings. The molecule has 0 aromatic heterocycles. The van der Waals surface area contributed by atoms with Crippen molar-refractivity contribution in [2.45, 2.75) is 32.1 Å². The molecule has 0 heteroatoms. The highest BCUT2D eigenvalue weighted by Crippen LogP contribution is 2.58. The van der Waals surface area contributed by atoms with E-state index in [4.69, 9.17) is 0 Å². The molecule has 0 radical (unpaired) electrons. The van der Waals surface area contributed by atoms with Gasteiger partial charge in [0.05, 0.1) is 0 Å². The van der Waals surface area contributed by atoms with Crippen molar-refractivity contribution in [1.29, 1.82) is 0 Å². The Morgan fingerprint density at radius 2 is 1.10 bits per heavy atom. The van der Waals surface area contributed by atoms with Crippen LogP contribution in [0.25, 0.3) is 0 Å². The summed E-state index contributed by atoms with van der Waals surface area (Å²) in [7, 11) is 0. The van der Waals surface area contributed by atoms with E-state index in [1.54, 1.807) is 11.1 Å². The van der Waals surface area contributed by atoms with Gasteiger partial charge < -0.3 is 0 Å². The molecule has 2 aromatic carbocycles. The zero-order valence-electron chi connectivity index (χ0n) is 12.8. The third kappa shape index (κ3) is 1.97. The Morgan fingerprint density at radius 3 is 1.52 bits per heavy atom. The third-order valence-corrected chi connectivity index (χ3v) is 5.55. The quantitative estimate of drug-likeness (QED) is 0.645. The summed E-state index contributed by atoms with van der Waals surface area (Å²) in [5.74, 6) is 2.76. The number of rotatable bonds is 2. The van der Waals surface area contributed by atoms with Gasteiger partial charge in [0, 0.05) is 0 Å². The molecule has 0 amide bonds. The number of allylic oxidation sites excluding steroid dienone is 2. The zero-order valence-corrected chi connectivity index (χ0v) is 12.8. The van der Waals surface area contributed by atoms with Crippen molar-refractivity contribution >= 4 is 0 Å².